The summed E-state index contributed by atoms with van der Waals surface area (Å²) in [6.45, 7) is 1.90. The van der Waals surface area contributed by atoms with Crippen LogP contribution in [0.1, 0.15) is 17.3 Å². The molecule has 1 unspecified atom stereocenters. The Morgan fingerprint density at radius 3 is 3.07 bits per heavy atom. The van der Waals surface area contributed by atoms with Gasteiger partial charge < -0.3 is 14.8 Å². The highest BCUT2D eigenvalue weighted by Gasteiger charge is 2.19. The molecule has 4 heteroatoms. The number of methoxy groups -OCH3 is 1. The molecule has 0 bridgehead atoms. The van der Waals surface area contributed by atoms with E-state index < -0.39 is 0 Å². The average molecular weight is 193 g/mol. The molecule has 0 fully saturated rings. The molecule has 2 rings (SSSR count). The lowest BCUT2D eigenvalue weighted by atomic mass is 10.2. The molecule has 1 aromatic rings. The lowest BCUT2D eigenvalue weighted by molar-refractivity contribution is 0.0601. The van der Waals surface area contributed by atoms with Crippen LogP contribution in [0.4, 0.5) is 5.69 Å². The van der Waals surface area contributed by atoms with Gasteiger partial charge in [0.1, 0.15) is 5.75 Å². The van der Waals surface area contributed by atoms with Gasteiger partial charge in [-0.1, -0.05) is 0 Å². The van der Waals surface area contributed by atoms with E-state index in [1.165, 1.54) is 7.11 Å². The molecule has 0 saturated heterocycles. The fourth-order valence-corrected chi connectivity index (χ4v) is 1.43. The van der Waals surface area contributed by atoms with Gasteiger partial charge in [0.05, 0.1) is 18.4 Å². The van der Waals surface area contributed by atoms with Crippen molar-refractivity contribution < 1.29 is 14.3 Å². The lowest BCUT2D eigenvalue weighted by Gasteiger charge is -2.00. The molecule has 14 heavy (non-hydrogen) atoms. The quantitative estimate of drug-likeness (QED) is 0.688. The van der Waals surface area contributed by atoms with E-state index in [9.17, 15) is 4.79 Å². The van der Waals surface area contributed by atoms with Crippen molar-refractivity contribution in [1.82, 2.24) is 0 Å². The number of benzene rings is 1. The zero-order chi connectivity index (χ0) is 10.1. The van der Waals surface area contributed by atoms with Gasteiger partial charge in [-0.15, -0.1) is 0 Å². The zero-order valence-corrected chi connectivity index (χ0v) is 8.03. The Hall–Kier alpha value is -1.71. The summed E-state index contributed by atoms with van der Waals surface area (Å²) in [7, 11) is 1.36. The largest absolute Gasteiger partial charge is 0.469 e. The monoisotopic (exact) mass is 193 g/mol. The van der Waals surface area contributed by atoms with E-state index in [1.54, 1.807) is 18.2 Å². The zero-order valence-electron chi connectivity index (χ0n) is 8.03. The van der Waals surface area contributed by atoms with Gasteiger partial charge in [-0.2, -0.15) is 0 Å². The summed E-state index contributed by atoms with van der Waals surface area (Å²) < 4.78 is 10.0. The van der Waals surface area contributed by atoms with Crippen LogP contribution < -0.4 is 10.1 Å². The highest BCUT2D eigenvalue weighted by molar-refractivity contribution is 5.91. The second-order valence-corrected chi connectivity index (χ2v) is 3.11. The number of nitrogens with one attached hydrogen (secondary N) is 1. The minimum atomic E-state index is -0.339. The van der Waals surface area contributed by atoms with Gasteiger partial charge in [-0.25, -0.2) is 4.79 Å². The maximum Gasteiger partial charge on any atom is 0.337 e. The van der Waals surface area contributed by atoms with Crippen molar-refractivity contribution >= 4 is 11.7 Å². The molecular weight excluding hydrogens is 182 g/mol. The Balaban J connectivity index is 2.33. The second-order valence-electron chi connectivity index (χ2n) is 3.11. The topological polar surface area (TPSA) is 47.6 Å². The molecule has 0 spiro atoms. The fourth-order valence-electron chi connectivity index (χ4n) is 1.43. The van der Waals surface area contributed by atoms with Gasteiger partial charge in [-0.05, 0) is 25.1 Å². The molecule has 0 aliphatic carbocycles. The van der Waals surface area contributed by atoms with Crippen molar-refractivity contribution in [2.45, 2.75) is 13.2 Å². The number of ether oxygens (including phenoxy) is 2. The number of hydrogen-bond donors (Lipinski definition) is 1. The van der Waals surface area contributed by atoms with E-state index in [0.29, 0.717) is 5.56 Å². The van der Waals surface area contributed by atoms with Crippen LogP contribution in [0.2, 0.25) is 0 Å². The first-order valence-corrected chi connectivity index (χ1v) is 4.36. The van der Waals surface area contributed by atoms with Crippen LogP contribution in [0.5, 0.6) is 5.75 Å². The first-order chi connectivity index (χ1) is 6.70. The normalized spacial score (nSPS) is 18.0. The van der Waals surface area contributed by atoms with Gasteiger partial charge in [0.15, 0.2) is 6.23 Å². The number of fused-ring (bicyclic) bond motifs is 1. The summed E-state index contributed by atoms with van der Waals surface area (Å²) in [5.74, 6) is 0.430. The van der Waals surface area contributed by atoms with Gasteiger partial charge in [0.25, 0.3) is 0 Å². The molecule has 1 heterocycles. The van der Waals surface area contributed by atoms with Crippen LogP contribution in [-0.2, 0) is 4.74 Å². The summed E-state index contributed by atoms with van der Waals surface area (Å²) in [4.78, 5) is 11.2. The Kier molecular flexibility index (Phi) is 2.04. The Labute approximate surface area is 81.8 Å². The van der Waals surface area contributed by atoms with E-state index >= 15 is 0 Å². The molecule has 0 aromatic heterocycles. The number of rotatable bonds is 1. The van der Waals surface area contributed by atoms with Crippen molar-refractivity contribution in [3.63, 3.8) is 0 Å². The standard InChI is InChI=1S/C10H11NO3/c1-6-11-8-5-7(10(12)13-2)3-4-9(8)14-6/h3-6,11H,1-2H3. The third kappa shape index (κ3) is 1.39. The molecule has 0 radical (unpaired) electrons. The third-order valence-corrected chi connectivity index (χ3v) is 2.06. The smallest absolute Gasteiger partial charge is 0.337 e. The molecule has 1 aliphatic rings. The van der Waals surface area contributed by atoms with Crippen LogP contribution >= 0.6 is 0 Å². The molecule has 1 N–H and O–H groups in total. The number of carbonyl (C=O) groups excluding carboxylic acids is 1. The minimum absolute atomic E-state index is 0.0436. The number of anilines is 1. The van der Waals surface area contributed by atoms with E-state index in [-0.39, 0.29) is 12.2 Å². The maximum atomic E-state index is 11.2. The molecule has 74 valence electrons. The fraction of sp³-hybridized carbons (Fsp3) is 0.300. The Morgan fingerprint density at radius 1 is 1.57 bits per heavy atom. The predicted molar refractivity (Wildman–Crippen MR) is 51.5 cm³/mol. The summed E-state index contributed by atoms with van der Waals surface area (Å²) in [5, 5.41) is 3.09. The maximum absolute atomic E-state index is 11.2. The van der Waals surface area contributed by atoms with Crippen LogP contribution in [0, 0.1) is 0 Å². The molecule has 1 aliphatic heterocycles. The Morgan fingerprint density at radius 2 is 2.36 bits per heavy atom. The first-order valence-electron chi connectivity index (χ1n) is 4.36. The second kappa shape index (κ2) is 3.21. The summed E-state index contributed by atoms with van der Waals surface area (Å²) in [6, 6.07) is 5.17. The van der Waals surface area contributed by atoms with E-state index in [1.807, 2.05) is 6.92 Å². The van der Waals surface area contributed by atoms with E-state index in [2.05, 4.69) is 10.1 Å². The predicted octanol–water partition coefficient (Wildman–Crippen LogP) is 1.62. The molecule has 1 aromatic carbocycles. The summed E-state index contributed by atoms with van der Waals surface area (Å²) >= 11 is 0. The van der Waals surface area contributed by atoms with Gasteiger partial charge in [0.2, 0.25) is 0 Å². The molecule has 0 amide bonds. The first kappa shape index (κ1) is 8.87. The molecule has 0 saturated carbocycles. The third-order valence-electron chi connectivity index (χ3n) is 2.06. The van der Waals surface area contributed by atoms with Crippen LogP contribution in [-0.4, -0.2) is 19.3 Å². The van der Waals surface area contributed by atoms with Gasteiger partial charge >= 0.3 is 5.97 Å². The minimum Gasteiger partial charge on any atom is -0.469 e. The number of esters is 1. The van der Waals surface area contributed by atoms with Crippen LogP contribution in [0.15, 0.2) is 18.2 Å². The van der Waals surface area contributed by atoms with E-state index in [4.69, 9.17) is 4.74 Å². The summed E-state index contributed by atoms with van der Waals surface area (Å²) in [5.41, 5.74) is 1.36. The number of carbonyl (C=O) groups is 1. The molecule has 4 nitrogen and oxygen atoms in total. The van der Waals surface area contributed by atoms with Gasteiger partial charge in [0, 0.05) is 0 Å². The van der Waals surface area contributed by atoms with Gasteiger partial charge in [-0.3, -0.25) is 0 Å². The highest BCUT2D eigenvalue weighted by atomic mass is 16.5. The van der Waals surface area contributed by atoms with Crippen molar-refractivity contribution in [2.24, 2.45) is 0 Å². The van der Waals surface area contributed by atoms with Crippen molar-refractivity contribution in [3.8, 4) is 5.75 Å². The SMILES string of the molecule is COC(=O)c1ccc2c(c1)NC(C)O2. The Bertz CT molecular complexity index is 376. The van der Waals surface area contributed by atoms with E-state index in [0.717, 1.165) is 11.4 Å². The molecular formula is C10H11NO3. The average Bonchev–Trinajstić information content (AvgIpc) is 2.55. The van der Waals surface area contributed by atoms with Crippen molar-refractivity contribution in [2.75, 3.05) is 12.4 Å². The van der Waals surface area contributed by atoms with Crippen LogP contribution in [0.25, 0.3) is 0 Å². The summed E-state index contributed by atoms with van der Waals surface area (Å²) in [6.07, 6.45) is -0.0436. The lowest BCUT2D eigenvalue weighted by Crippen LogP contribution is -2.13. The van der Waals surface area contributed by atoms with Crippen molar-refractivity contribution in [1.29, 1.82) is 0 Å². The molecule has 1 atom stereocenters. The number of hydrogen-bond acceptors (Lipinski definition) is 4. The van der Waals surface area contributed by atoms with Crippen molar-refractivity contribution in [3.05, 3.63) is 23.8 Å². The highest BCUT2D eigenvalue weighted by Crippen LogP contribution is 2.32. The van der Waals surface area contributed by atoms with Crippen LogP contribution in [0.3, 0.4) is 0 Å².